The molecule has 2 atom stereocenters. The molecule has 1 fully saturated rings. The molecule has 1 heterocycles. The molecule has 1 aliphatic carbocycles. The molecule has 3 aromatic rings. The minimum absolute atomic E-state index is 0.0690. The summed E-state index contributed by atoms with van der Waals surface area (Å²) in [6.07, 6.45) is 4.12. The number of benzene rings is 2. The van der Waals surface area contributed by atoms with Gasteiger partial charge in [0.05, 0.1) is 0 Å². The van der Waals surface area contributed by atoms with Crippen LogP contribution in [0.5, 0.6) is 0 Å². The lowest BCUT2D eigenvalue weighted by Gasteiger charge is -2.37. The van der Waals surface area contributed by atoms with Gasteiger partial charge in [0.2, 0.25) is 0 Å². The summed E-state index contributed by atoms with van der Waals surface area (Å²) in [6, 6.07) is 17.2. The van der Waals surface area contributed by atoms with Crippen molar-refractivity contribution in [2.24, 2.45) is 0 Å². The summed E-state index contributed by atoms with van der Waals surface area (Å²) >= 11 is 0. The Morgan fingerprint density at radius 1 is 1.17 bits per heavy atom. The van der Waals surface area contributed by atoms with Crippen LogP contribution in [0.2, 0.25) is 0 Å². The largest absolute Gasteiger partial charge is 0.351 e. The van der Waals surface area contributed by atoms with Gasteiger partial charge >= 0.3 is 0 Å². The van der Waals surface area contributed by atoms with Crippen LogP contribution in [-0.2, 0) is 6.54 Å². The standard InChI is InChI=1S/C24H28FN3O/c1-2-28(24(29)23-14-18-8-3-4-12-22(18)27-23)21-11-6-10-20(15-21)26-16-17-7-5-9-19(25)13-17/h3-5,7-9,12-14,20-21,26-27H,2,6,10-11,15-16H2,1H3/t20?,21-/m0/s1. The van der Waals surface area contributed by atoms with E-state index in [1.807, 2.05) is 48.2 Å². The number of nitrogens with zero attached hydrogens (tertiary/aromatic N) is 1. The third-order valence-corrected chi connectivity index (χ3v) is 5.93. The van der Waals surface area contributed by atoms with E-state index in [9.17, 15) is 9.18 Å². The van der Waals surface area contributed by atoms with Gasteiger partial charge in [-0.2, -0.15) is 0 Å². The van der Waals surface area contributed by atoms with Crippen LogP contribution in [0, 0.1) is 5.82 Å². The minimum Gasteiger partial charge on any atom is -0.351 e. The molecular formula is C24H28FN3O. The molecule has 1 amide bonds. The quantitative estimate of drug-likeness (QED) is 0.628. The first-order chi connectivity index (χ1) is 14.1. The van der Waals surface area contributed by atoms with E-state index in [0.29, 0.717) is 24.8 Å². The summed E-state index contributed by atoms with van der Waals surface area (Å²) in [5.41, 5.74) is 2.60. The normalized spacial score (nSPS) is 19.4. The van der Waals surface area contributed by atoms with E-state index in [0.717, 1.165) is 42.1 Å². The Kier molecular flexibility index (Phi) is 5.95. The van der Waals surface area contributed by atoms with Gasteiger partial charge in [0.25, 0.3) is 5.91 Å². The highest BCUT2D eigenvalue weighted by molar-refractivity contribution is 5.98. The van der Waals surface area contributed by atoms with E-state index in [1.165, 1.54) is 6.07 Å². The van der Waals surface area contributed by atoms with Gasteiger partial charge in [-0.3, -0.25) is 4.79 Å². The van der Waals surface area contributed by atoms with Gasteiger partial charge in [0.15, 0.2) is 0 Å². The molecule has 0 bridgehead atoms. The van der Waals surface area contributed by atoms with Gasteiger partial charge in [-0.25, -0.2) is 4.39 Å². The minimum atomic E-state index is -0.202. The van der Waals surface area contributed by atoms with Crippen LogP contribution < -0.4 is 5.32 Å². The molecule has 1 saturated carbocycles. The molecule has 1 aromatic heterocycles. The van der Waals surface area contributed by atoms with Crippen molar-refractivity contribution >= 4 is 16.8 Å². The second-order valence-corrected chi connectivity index (χ2v) is 7.89. The van der Waals surface area contributed by atoms with Gasteiger partial charge in [-0.05, 0) is 62.4 Å². The van der Waals surface area contributed by atoms with Gasteiger partial charge in [-0.15, -0.1) is 0 Å². The molecule has 1 unspecified atom stereocenters. The van der Waals surface area contributed by atoms with Crippen molar-refractivity contribution in [1.82, 2.24) is 15.2 Å². The van der Waals surface area contributed by atoms with E-state index < -0.39 is 0 Å². The summed E-state index contributed by atoms with van der Waals surface area (Å²) in [4.78, 5) is 18.5. The van der Waals surface area contributed by atoms with Crippen LogP contribution in [-0.4, -0.2) is 34.4 Å². The van der Waals surface area contributed by atoms with Gasteiger partial charge < -0.3 is 15.2 Å². The van der Waals surface area contributed by atoms with Crippen LogP contribution >= 0.6 is 0 Å². The molecule has 2 N–H and O–H groups in total. The maximum absolute atomic E-state index is 13.4. The zero-order valence-electron chi connectivity index (χ0n) is 16.8. The first-order valence-electron chi connectivity index (χ1n) is 10.5. The number of hydrogen-bond donors (Lipinski definition) is 2. The fourth-order valence-corrected chi connectivity index (χ4v) is 4.45. The zero-order valence-corrected chi connectivity index (χ0v) is 16.8. The topological polar surface area (TPSA) is 48.1 Å². The Bertz CT molecular complexity index is 950. The molecule has 4 nitrogen and oxygen atoms in total. The van der Waals surface area contributed by atoms with E-state index in [1.54, 1.807) is 12.1 Å². The van der Waals surface area contributed by atoms with Gasteiger partial charge in [-0.1, -0.05) is 30.3 Å². The first kappa shape index (κ1) is 19.6. The summed E-state index contributed by atoms with van der Waals surface area (Å²) < 4.78 is 13.4. The lowest BCUT2D eigenvalue weighted by Crippen LogP contribution is -2.46. The molecular weight excluding hydrogens is 365 g/mol. The van der Waals surface area contributed by atoms with Crippen molar-refractivity contribution < 1.29 is 9.18 Å². The van der Waals surface area contributed by atoms with Crippen molar-refractivity contribution in [3.05, 3.63) is 71.7 Å². The molecule has 152 valence electrons. The number of carbonyl (C=O) groups excluding carboxylic acids is 1. The average molecular weight is 394 g/mol. The fraction of sp³-hybridized carbons (Fsp3) is 0.375. The first-order valence-corrected chi connectivity index (χ1v) is 10.5. The Labute approximate surface area is 171 Å². The number of carbonyl (C=O) groups is 1. The van der Waals surface area contributed by atoms with Crippen LogP contribution in [0.4, 0.5) is 4.39 Å². The zero-order chi connectivity index (χ0) is 20.2. The van der Waals surface area contributed by atoms with Gasteiger partial charge in [0.1, 0.15) is 11.5 Å². The van der Waals surface area contributed by atoms with Crippen molar-refractivity contribution in [3.63, 3.8) is 0 Å². The van der Waals surface area contributed by atoms with E-state index in [2.05, 4.69) is 10.3 Å². The predicted octanol–water partition coefficient (Wildman–Crippen LogP) is 4.87. The van der Waals surface area contributed by atoms with Crippen LogP contribution in [0.25, 0.3) is 10.9 Å². The molecule has 5 heteroatoms. The fourth-order valence-electron chi connectivity index (χ4n) is 4.45. The Morgan fingerprint density at radius 2 is 2.03 bits per heavy atom. The number of amides is 1. The lowest BCUT2D eigenvalue weighted by atomic mass is 9.89. The Balaban J connectivity index is 1.42. The molecule has 0 saturated heterocycles. The van der Waals surface area contributed by atoms with Crippen molar-refractivity contribution in [1.29, 1.82) is 0 Å². The summed E-state index contributed by atoms with van der Waals surface area (Å²) in [6.45, 7) is 3.39. The third-order valence-electron chi connectivity index (χ3n) is 5.93. The molecule has 29 heavy (non-hydrogen) atoms. The second kappa shape index (κ2) is 8.78. The maximum Gasteiger partial charge on any atom is 0.270 e. The van der Waals surface area contributed by atoms with Gasteiger partial charge in [0, 0.05) is 36.1 Å². The van der Waals surface area contributed by atoms with Crippen LogP contribution in [0.3, 0.4) is 0 Å². The van der Waals surface area contributed by atoms with Crippen LogP contribution in [0.15, 0.2) is 54.6 Å². The molecule has 0 spiro atoms. The maximum atomic E-state index is 13.4. The van der Waals surface area contributed by atoms with Crippen molar-refractivity contribution in [3.8, 4) is 0 Å². The smallest absolute Gasteiger partial charge is 0.270 e. The summed E-state index contributed by atoms with van der Waals surface area (Å²) in [7, 11) is 0. The Morgan fingerprint density at radius 3 is 2.83 bits per heavy atom. The Hall–Kier alpha value is -2.66. The number of para-hydroxylation sites is 1. The number of H-pyrrole nitrogens is 1. The number of aromatic amines is 1. The number of fused-ring (bicyclic) bond motifs is 1. The van der Waals surface area contributed by atoms with E-state index >= 15 is 0 Å². The SMILES string of the molecule is CCN(C(=O)c1cc2ccccc2[nH]1)[C@H]1CCCC(NCc2cccc(F)c2)C1. The summed E-state index contributed by atoms with van der Waals surface area (Å²) in [5.74, 6) is -0.133. The number of nitrogens with one attached hydrogen (secondary N) is 2. The number of rotatable bonds is 6. The molecule has 0 radical (unpaired) electrons. The second-order valence-electron chi connectivity index (χ2n) is 7.89. The molecule has 1 aliphatic rings. The summed E-state index contributed by atoms with van der Waals surface area (Å²) in [5, 5.41) is 4.62. The van der Waals surface area contributed by atoms with Crippen molar-refractivity contribution in [2.75, 3.05) is 6.54 Å². The molecule has 4 rings (SSSR count). The third kappa shape index (κ3) is 4.51. The molecule has 0 aliphatic heterocycles. The van der Waals surface area contributed by atoms with E-state index in [-0.39, 0.29) is 17.8 Å². The lowest BCUT2D eigenvalue weighted by molar-refractivity contribution is 0.0623. The van der Waals surface area contributed by atoms with Crippen molar-refractivity contribution in [2.45, 2.75) is 51.2 Å². The highest BCUT2D eigenvalue weighted by Crippen LogP contribution is 2.26. The highest BCUT2D eigenvalue weighted by Gasteiger charge is 2.29. The van der Waals surface area contributed by atoms with E-state index in [4.69, 9.17) is 0 Å². The number of aromatic nitrogens is 1. The van der Waals surface area contributed by atoms with Crippen LogP contribution in [0.1, 0.15) is 48.7 Å². The number of hydrogen-bond acceptors (Lipinski definition) is 2. The highest BCUT2D eigenvalue weighted by atomic mass is 19.1. The molecule has 2 aromatic carbocycles. The number of halogens is 1. The monoisotopic (exact) mass is 393 g/mol. The average Bonchev–Trinajstić information content (AvgIpc) is 3.17. The predicted molar refractivity (Wildman–Crippen MR) is 114 cm³/mol.